The van der Waals surface area contributed by atoms with Crippen molar-refractivity contribution >= 4 is 29.1 Å². The first kappa shape index (κ1) is 17.6. The number of aromatic nitrogens is 1. The van der Waals surface area contributed by atoms with E-state index in [-0.39, 0.29) is 18.4 Å². The van der Waals surface area contributed by atoms with Gasteiger partial charge in [-0.2, -0.15) is 0 Å². The van der Waals surface area contributed by atoms with Gasteiger partial charge in [-0.25, -0.2) is 0 Å². The van der Waals surface area contributed by atoms with Crippen molar-refractivity contribution in [3.05, 3.63) is 94.8 Å². The summed E-state index contributed by atoms with van der Waals surface area (Å²) in [6, 6.07) is 17.3. The highest BCUT2D eigenvalue weighted by Crippen LogP contribution is 2.17. The van der Waals surface area contributed by atoms with Crippen LogP contribution in [0, 0.1) is 0 Å². The van der Waals surface area contributed by atoms with E-state index in [0.717, 1.165) is 5.56 Å². The molecule has 0 fully saturated rings. The Kier molecular flexibility index (Phi) is 5.61. The van der Waals surface area contributed by atoms with Crippen LogP contribution in [0.25, 0.3) is 0 Å². The second-order valence-corrected chi connectivity index (χ2v) is 5.98. The quantitative estimate of drug-likeness (QED) is 0.720. The number of para-hydroxylation sites is 1. The fraction of sp³-hybridized carbons (Fsp3) is 0.0500. The first-order chi connectivity index (χ1) is 12.6. The van der Waals surface area contributed by atoms with Gasteiger partial charge in [0.15, 0.2) is 0 Å². The summed E-state index contributed by atoms with van der Waals surface area (Å²) in [6.45, 7) is 0.283. The van der Waals surface area contributed by atoms with Crippen molar-refractivity contribution in [2.45, 2.75) is 6.54 Å². The number of amides is 2. The minimum atomic E-state index is -0.243. The number of nitrogens with one attached hydrogen (secondary N) is 2. The maximum atomic E-state index is 12.4. The van der Waals surface area contributed by atoms with Crippen LogP contribution in [0.15, 0.2) is 73.1 Å². The van der Waals surface area contributed by atoms with E-state index < -0.39 is 0 Å². The summed E-state index contributed by atoms with van der Waals surface area (Å²) in [5.41, 5.74) is 2.42. The molecule has 1 heterocycles. The summed E-state index contributed by atoms with van der Waals surface area (Å²) in [5, 5.41) is 6.26. The lowest BCUT2D eigenvalue weighted by atomic mass is 10.1. The van der Waals surface area contributed by atoms with Crippen LogP contribution >= 0.6 is 11.6 Å². The van der Waals surface area contributed by atoms with Crippen LogP contribution in [0.2, 0.25) is 5.02 Å². The van der Waals surface area contributed by atoms with Gasteiger partial charge in [-0.3, -0.25) is 14.6 Å². The van der Waals surface area contributed by atoms with Gasteiger partial charge in [-0.1, -0.05) is 29.8 Å². The largest absolute Gasteiger partial charge is 0.348 e. The van der Waals surface area contributed by atoms with Crippen LogP contribution in [-0.4, -0.2) is 16.8 Å². The average Bonchev–Trinajstić information content (AvgIpc) is 2.68. The highest BCUT2D eigenvalue weighted by molar-refractivity contribution is 6.30. The van der Waals surface area contributed by atoms with Gasteiger partial charge >= 0.3 is 0 Å². The summed E-state index contributed by atoms with van der Waals surface area (Å²) in [5.74, 6) is -0.468. The number of anilines is 1. The van der Waals surface area contributed by atoms with Crippen molar-refractivity contribution in [3.63, 3.8) is 0 Å². The van der Waals surface area contributed by atoms with Gasteiger partial charge in [-0.05, 0) is 48.0 Å². The number of carbonyl (C=O) groups excluding carboxylic acids is 2. The van der Waals surface area contributed by atoms with Crippen molar-refractivity contribution in [2.75, 3.05) is 5.32 Å². The second-order valence-electron chi connectivity index (χ2n) is 5.54. The zero-order chi connectivity index (χ0) is 18.4. The number of rotatable bonds is 5. The SMILES string of the molecule is O=C(NCc1ccccc1NC(=O)c1ccc(Cl)cc1)c1cccnc1. The van der Waals surface area contributed by atoms with Crippen molar-refractivity contribution in [1.29, 1.82) is 0 Å². The summed E-state index contributed by atoms with van der Waals surface area (Å²) in [6.07, 6.45) is 3.11. The first-order valence-electron chi connectivity index (χ1n) is 7.96. The number of pyridine rings is 1. The van der Waals surface area contributed by atoms with Gasteiger partial charge < -0.3 is 10.6 Å². The predicted octanol–water partition coefficient (Wildman–Crippen LogP) is 3.92. The Balaban J connectivity index is 1.69. The molecule has 5 nitrogen and oxygen atoms in total. The Morgan fingerprint density at radius 3 is 2.38 bits per heavy atom. The zero-order valence-corrected chi connectivity index (χ0v) is 14.5. The number of nitrogens with zero attached hydrogens (tertiary/aromatic N) is 1. The molecule has 0 aliphatic rings. The molecule has 0 unspecified atom stereocenters. The molecule has 2 N–H and O–H groups in total. The van der Waals surface area contributed by atoms with Gasteiger partial charge in [0, 0.05) is 35.2 Å². The molecule has 0 spiro atoms. The minimum absolute atomic E-state index is 0.225. The van der Waals surface area contributed by atoms with Crippen molar-refractivity contribution in [3.8, 4) is 0 Å². The van der Waals surface area contributed by atoms with E-state index in [4.69, 9.17) is 11.6 Å². The van der Waals surface area contributed by atoms with Gasteiger partial charge in [0.1, 0.15) is 0 Å². The Morgan fingerprint density at radius 2 is 1.65 bits per heavy atom. The van der Waals surface area contributed by atoms with Crippen molar-refractivity contribution in [2.24, 2.45) is 0 Å². The Hall–Kier alpha value is -3.18. The van der Waals surface area contributed by atoms with Crippen molar-refractivity contribution < 1.29 is 9.59 Å². The summed E-state index contributed by atoms with van der Waals surface area (Å²) >= 11 is 5.85. The van der Waals surface area contributed by atoms with E-state index in [0.29, 0.717) is 21.8 Å². The molecule has 6 heteroatoms. The molecule has 3 rings (SSSR count). The molecule has 2 aromatic carbocycles. The Bertz CT molecular complexity index is 912. The maximum absolute atomic E-state index is 12.4. The normalized spacial score (nSPS) is 10.2. The maximum Gasteiger partial charge on any atom is 0.255 e. The molecule has 0 atom stereocenters. The smallest absolute Gasteiger partial charge is 0.255 e. The molecule has 0 aliphatic heterocycles. The van der Waals surface area contributed by atoms with Crippen LogP contribution in [-0.2, 0) is 6.54 Å². The third kappa shape index (κ3) is 4.46. The molecule has 26 heavy (non-hydrogen) atoms. The lowest BCUT2D eigenvalue weighted by Crippen LogP contribution is -2.24. The topological polar surface area (TPSA) is 71.1 Å². The monoisotopic (exact) mass is 365 g/mol. The molecule has 1 aromatic heterocycles. The van der Waals surface area contributed by atoms with Gasteiger partial charge in [0.25, 0.3) is 11.8 Å². The molecular formula is C20H16ClN3O2. The van der Waals surface area contributed by atoms with Crippen LogP contribution in [0.5, 0.6) is 0 Å². The molecule has 130 valence electrons. The van der Waals surface area contributed by atoms with E-state index >= 15 is 0 Å². The lowest BCUT2D eigenvalue weighted by Gasteiger charge is -2.12. The average molecular weight is 366 g/mol. The predicted molar refractivity (Wildman–Crippen MR) is 101 cm³/mol. The molecule has 0 radical (unpaired) electrons. The Labute approximate surface area is 156 Å². The lowest BCUT2D eigenvalue weighted by molar-refractivity contribution is 0.0950. The fourth-order valence-corrected chi connectivity index (χ4v) is 2.49. The summed E-state index contributed by atoms with van der Waals surface area (Å²) < 4.78 is 0. The molecule has 3 aromatic rings. The molecule has 0 bridgehead atoms. The van der Waals surface area contributed by atoms with E-state index in [2.05, 4.69) is 15.6 Å². The van der Waals surface area contributed by atoms with E-state index in [1.807, 2.05) is 18.2 Å². The highest BCUT2D eigenvalue weighted by atomic mass is 35.5. The number of benzene rings is 2. The number of hydrogen-bond acceptors (Lipinski definition) is 3. The highest BCUT2D eigenvalue weighted by Gasteiger charge is 2.10. The van der Waals surface area contributed by atoms with Crippen LogP contribution in [0.4, 0.5) is 5.69 Å². The first-order valence-corrected chi connectivity index (χ1v) is 8.34. The number of hydrogen-bond donors (Lipinski definition) is 2. The van der Waals surface area contributed by atoms with Crippen molar-refractivity contribution in [1.82, 2.24) is 10.3 Å². The number of carbonyl (C=O) groups is 2. The van der Waals surface area contributed by atoms with Gasteiger partial charge in [0.2, 0.25) is 0 Å². The fourth-order valence-electron chi connectivity index (χ4n) is 2.37. The van der Waals surface area contributed by atoms with Gasteiger partial charge in [0.05, 0.1) is 5.56 Å². The third-order valence-corrected chi connectivity index (χ3v) is 3.99. The van der Waals surface area contributed by atoms with Crippen LogP contribution in [0.1, 0.15) is 26.3 Å². The zero-order valence-electron chi connectivity index (χ0n) is 13.8. The molecule has 2 amide bonds. The molecule has 0 aliphatic carbocycles. The minimum Gasteiger partial charge on any atom is -0.348 e. The standard InChI is InChI=1S/C20H16ClN3O2/c21-17-9-7-14(8-10-17)20(26)24-18-6-2-1-4-15(18)13-23-19(25)16-5-3-11-22-12-16/h1-12H,13H2,(H,23,25)(H,24,26). The van der Waals surface area contributed by atoms with E-state index in [1.165, 1.54) is 6.20 Å². The summed E-state index contributed by atoms with van der Waals surface area (Å²) in [4.78, 5) is 28.5. The second kappa shape index (κ2) is 8.27. The van der Waals surface area contributed by atoms with E-state index in [9.17, 15) is 9.59 Å². The summed E-state index contributed by atoms with van der Waals surface area (Å²) in [7, 11) is 0. The van der Waals surface area contributed by atoms with Gasteiger partial charge in [-0.15, -0.1) is 0 Å². The van der Waals surface area contributed by atoms with E-state index in [1.54, 1.807) is 48.7 Å². The third-order valence-electron chi connectivity index (χ3n) is 3.74. The van der Waals surface area contributed by atoms with Crippen LogP contribution in [0.3, 0.4) is 0 Å². The number of halogens is 1. The molecule has 0 saturated heterocycles. The molecule has 0 saturated carbocycles. The molecular weight excluding hydrogens is 350 g/mol. The van der Waals surface area contributed by atoms with Crippen LogP contribution < -0.4 is 10.6 Å². The Morgan fingerprint density at radius 1 is 0.885 bits per heavy atom.